The fraction of sp³-hybridized carbons (Fsp3) is 0.200. The van der Waals surface area contributed by atoms with Crippen LogP contribution in [0.5, 0.6) is 5.75 Å². The van der Waals surface area contributed by atoms with Crippen LogP contribution in [-0.4, -0.2) is 25.0 Å². The van der Waals surface area contributed by atoms with Crippen molar-refractivity contribution in [2.24, 2.45) is 0 Å². The van der Waals surface area contributed by atoms with E-state index < -0.39 is 0 Å². The van der Waals surface area contributed by atoms with Gasteiger partial charge in [0.25, 0.3) is 0 Å². The number of ether oxygens (including phenoxy) is 1. The summed E-state index contributed by atoms with van der Waals surface area (Å²) in [6.45, 7) is 4.22. The highest BCUT2D eigenvalue weighted by atomic mass is 32.2. The Morgan fingerprint density at radius 2 is 1.83 bits per heavy atom. The van der Waals surface area contributed by atoms with Crippen LogP contribution in [0.2, 0.25) is 0 Å². The molecule has 0 saturated carbocycles. The molecule has 0 amide bonds. The second-order valence-corrected chi connectivity index (χ2v) is 7.63. The van der Waals surface area contributed by atoms with Gasteiger partial charge in [0, 0.05) is 5.56 Å². The first-order valence-electron chi connectivity index (χ1n) is 9.10. The van der Waals surface area contributed by atoms with Crippen LogP contribution in [0.25, 0.3) is 11.4 Å². The van der Waals surface area contributed by atoms with Crippen molar-refractivity contribution in [1.29, 1.82) is 0 Å². The summed E-state index contributed by atoms with van der Waals surface area (Å²) in [6.07, 6.45) is 0. The van der Waals surface area contributed by atoms with E-state index in [1.54, 1.807) is 12.1 Å². The van der Waals surface area contributed by atoms with Crippen LogP contribution < -0.4 is 10.6 Å². The molecule has 0 aliphatic carbocycles. The van der Waals surface area contributed by atoms with Crippen molar-refractivity contribution in [1.82, 2.24) is 25.0 Å². The van der Waals surface area contributed by atoms with E-state index in [-0.39, 0.29) is 12.4 Å². The molecule has 10 heteroatoms. The molecule has 0 aliphatic heterocycles. The number of halogens is 1. The molecular weight excluding hydrogens is 407 g/mol. The smallest absolute Gasteiger partial charge is 0.237 e. The Kier molecular flexibility index (Phi) is 5.66. The minimum absolute atomic E-state index is 0.197. The van der Waals surface area contributed by atoms with Crippen molar-refractivity contribution in [3.05, 3.63) is 71.1 Å². The lowest BCUT2D eigenvalue weighted by Crippen LogP contribution is -2.15. The summed E-state index contributed by atoms with van der Waals surface area (Å²) in [5, 5.41) is 12.6. The van der Waals surface area contributed by atoms with E-state index in [0.717, 1.165) is 16.9 Å². The predicted molar refractivity (Wildman–Crippen MR) is 110 cm³/mol. The minimum Gasteiger partial charge on any atom is -0.486 e. The Bertz CT molecular complexity index is 1140. The van der Waals surface area contributed by atoms with Gasteiger partial charge in [-0.25, -0.2) is 9.07 Å². The first kappa shape index (κ1) is 19.9. The molecule has 0 atom stereocenters. The van der Waals surface area contributed by atoms with Crippen LogP contribution in [0.4, 0.5) is 4.39 Å². The second kappa shape index (κ2) is 8.54. The monoisotopic (exact) mass is 426 g/mol. The van der Waals surface area contributed by atoms with Crippen LogP contribution in [0.15, 0.2) is 52.1 Å². The van der Waals surface area contributed by atoms with Gasteiger partial charge < -0.3 is 15.1 Å². The molecule has 2 heterocycles. The number of thioether (sulfide) groups is 1. The van der Waals surface area contributed by atoms with Crippen molar-refractivity contribution in [3.8, 4) is 17.1 Å². The molecule has 2 N–H and O–H groups in total. The summed E-state index contributed by atoms with van der Waals surface area (Å²) >= 11 is 1.31. The third-order valence-electron chi connectivity index (χ3n) is 4.19. The second-order valence-electron chi connectivity index (χ2n) is 6.69. The summed E-state index contributed by atoms with van der Waals surface area (Å²) in [7, 11) is 0. The molecule has 0 fully saturated rings. The number of rotatable bonds is 7. The molecular formula is C20H19FN6O2S. The molecule has 0 saturated heterocycles. The molecule has 2 aromatic heterocycles. The van der Waals surface area contributed by atoms with Crippen molar-refractivity contribution >= 4 is 11.8 Å². The van der Waals surface area contributed by atoms with Gasteiger partial charge in [0.2, 0.25) is 16.9 Å². The molecule has 154 valence electrons. The average molecular weight is 426 g/mol. The number of nitrogens with two attached hydrogens (primary N) is 1. The molecule has 2 aromatic carbocycles. The summed E-state index contributed by atoms with van der Waals surface area (Å²) in [5.41, 5.74) is 2.91. The molecule has 0 radical (unpaired) electrons. The lowest BCUT2D eigenvalue weighted by molar-refractivity contribution is 0.291. The topological polar surface area (TPSA) is 105 Å². The molecule has 8 nitrogen and oxygen atoms in total. The number of nitrogens with zero attached hydrogens (tertiary/aromatic N) is 5. The average Bonchev–Trinajstić information content (AvgIpc) is 3.31. The van der Waals surface area contributed by atoms with E-state index in [1.807, 2.05) is 26.0 Å². The predicted octanol–water partition coefficient (Wildman–Crippen LogP) is 3.67. The van der Waals surface area contributed by atoms with Crippen LogP contribution in [0.3, 0.4) is 0 Å². The van der Waals surface area contributed by atoms with Gasteiger partial charge in [-0.2, -0.15) is 4.98 Å². The Labute approximate surface area is 176 Å². The van der Waals surface area contributed by atoms with Crippen molar-refractivity contribution in [2.75, 3.05) is 5.84 Å². The van der Waals surface area contributed by atoms with Crippen molar-refractivity contribution in [2.45, 2.75) is 31.4 Å². The number of hydrogen-bond donors (Lipinski definition) is 1. The normalized spacial score (nSPS) is 11.0. The van der Waals surface area contributed by atoms with E-state index in [9.17, 15) is 4.39 Å². The zero-order valence-electron chi connectivity index (χ0n) is 16.4. The quantitative estimate of drug-likeness (QED) is 0.353. The Morgan fingerprint density at radius 1 is 1.10 bits per heavy atom. The molecule has 0 aliphatic rings. The maximum Gasteiger partial charge on any atom is 0.237 e. The summed E-state index contributed by atoms with van der Waals surface area (Å²) in [6, 6.07) is 11.9. The highest BCUT2D eigenvalue weighted by Crippen LogP contribution is 2.23. The highest BCUT2D eigenvalue weighted by molar-refractivity contribution is 7.98. The van der Waals surface area contributed by atoms with Gasteiger partial charge in [0.05, 0.1) is 5.75 Å². The number of aryl methyl sites for hydroxylation is 2. The fourth-order valence-corrected chi connectivity index (χ4v) is 3.54. The molecule has 4 rings (SSSR count). The lowest BCUT2D eigenvalue weighted by Gasteiger charge is -2.08. The van der Waals surface area contributed by atoms with E-state index in [2.05, 4.69) is 26.4 Å². The number of hydrogen-bond acceptors (Lipinski definition) is 8. The van der Waals surface area contributed by atoms with E-state index in [0.29, 0.717) is 34.0 Å². The third-order valence-corrected chi connectivity index (χ3v) is 5.12. The van der Waals surface area contributed by atoms with Gasteiger partial charge in [-0.15, -0.1) is 10.2 Å². The minimum atomic E-state index is -0.322. The largest absolute Gasteiger partial charge is 0.486 e. The maximum atomic E-state index is 13.0. The first-order valence-corrected chi connectivity index (χ1v) is 10.1. The Hall–Kier alpha value is -3.40. The van der Waals surface area contributed by atoms with Gasteiger partial charge in [0.15, 0.2) is 5.82 Å². The number of nitrogen functional groups attached to an aromatic ring is 1. The van der Waals surface area contributed by atoms with Crippen molar-refractivity contribution < 1.29 is 13.7 Å². The Balaban J connectivity index is 1.37. The summed E-state index contributed by atoms with van der Waals surface area (Å²) in [4.78, 5) is 4.31. The lowest BCUT2D eigenvalue weighted by atomic mass is 10.1. The van der Waals surface area contributed by atoms with Gasteiger partial charge in [0.1, 0.15) is 18.2 Å². The van der Waals surface area contributed by atoms with E-state index in [1.165, 1.54) is 28.6 Å². The third kappa shape index (κ3) is 4.60. The SMILES string of the molecule is Cc1cc(C)cc(OCc2nnc(SCc3nc(-c4ccc(F)cc4)no3)n2N)c1. The summed E-state index contributed by atoms with van der Waals surface area (Å²) < 4.78 is 25.5. The Morgan fingerprint density at radius 3 is 2.57 bits per heavy atom. The molecule has 4 aromatic rings. The van der Waals surface area contributed by atoms with Gasteiger partial charge in [-0.05, 0) is 61.4 Å². The zero-order valence-corrected chi connectivity index (χ0v) is 17.2. The van der Waals surface area contributed by atoms with Crippen LogP contribution in [0, 0.1) is 19.7 Å². The van der Waals surface area contributed by atoms with Crippen molar-refractivity contribution in [3.63, 3.8) is 0 Å². The van der Waals surface area contributed by atoms with E-state index in [4.69, 9.17) is 15.1 Å². The van der Waals surface area contributed by atoms with Crippen LogP contribution >= 0.6 is 11.8 Å². The molecule has 0 spiro atoms. The standard InChI is InChI=1S/C20H19FN6O2S/c1-12-7-13(2)9-16(8-12)28-10-17-24-25-20(27(17)22)30-11-18-23-19(26-29-18)14-3-5-15(21)6-4-14/h3-9H,10-11,22H2,1-2H3. The number of benzene rings is 2. The van der Waals surface area contributed by atoms with E-state index >= 15 is 0 Å². The van der Waals surface area contributed by atoms with Gasteiger partial charge in [-0.3, -0.25) is 0 Å². The molecule has 0 bridgehead atoms. The number of aromatic nitrogens is 5. The zero-order chi connectivity index (χ0) is 21.1. The fourth-order valence-electron chi connectivity index (χ4n) is 2.82. The maximum absolute atomic E-state index is 13.0. The molecule has 0 unspecified atom stereocenters. The van der Waals surface area contributed by atoms with Crippen LogP contribution in [0.1, 0.15) is 22.8 Å². The van der Waals surface area contributed by atoms with Gasteiger partial charge in [-0.1, -0.05) is 23.0 Å². The molecule has 30 heavy (non-hydrogen) atoms. The van der Waals surface area contributed by atoms with Gasteiger partial charge >= 0.3 is 0 Å². The summed E-state index contributed by atoms with van der Waals surface area (Å²) in [5.74, 6) is 8.17. The van der Waals surface area contributed by atoms with Crippen LogP contribution in [-0.2, 0) is 12.4 Å². The first-order chi connectivity index (χ1) is 14.5. The highest BCUT2D eigenvalue weighted by Gasteiger charge is 2.14.